The van der Waals surface area contributed by atoms with Crippen LogP contribution in [0.1, 0.15) is 62.1 Å². The van der Waals surface area contributed by atoms with Gasteiger partial charge in [-0.25, -0.2) is 4.79 Å². The van der Waals surface area contributed by atoms with Crippen molar-refractivity contribution in [3.05, 3.63) is 35.4 Å². The molecule has 0 aliphatic carbocycles. The zero-order chi connectivity index (χ0) is 17.2. The van der Waals surface area contributed by atoms with E-state index in [1.165, 1.54) is 0 Å². The maximum absolute atomic E-state index is 12.2. The smallest absolute Gasteiger partial charge is 0.336 e. The average molecular weight is 321 g/mol. The highest BCUT2D eigenvalue weighted by Gasteiger charge is 2.22. The fourth-order valence-electron chi connectivity index (χ4n) is 2.47. The number of carboxylic acids is 1. The van der Waals surface area contributed by atoms with Crippen LogP contribution in [0.25, 0.3) is 0 Å². The Morgan fingerprint density at radius 1 is 1.17 bits per heavy atom. The van der Waals surface area contributed by atoms with Crippen LogP contribution in [0, 0.1) is 0 Å². The van der Waals surface area contributed by atoms with E-state index < -0.39 is 12.1 Å². The van der Waals surface area contributed by atoms with Crippen molar-refractivity contribution in [2.45, 2.75) is 46.1 Å². The summed E-state index contributed by atoms with van der Waals surface area (Å²) in [6.45, 7) is 7.81. The predicted molar refractivity (Wildman–Crippen MR) is 89.5 cm³/mol. The van der Waals surface area contributed by atoms with Crippen molar-refractivity contribution in [3.63, 3.8) is 0 Å². The molecule has 1 aromatic carbocycles. The Bertz CT molecular complexity index is 511. The van der Waals surface area contributed by atoms with E-state index in [0.717, 1.165) is 25.9 Å². The first-order valence-corrected chi connectivity index (χ1v) is 8.27. The largest absolute Gasteiger partial charge is 0.478 e. The fourth-order valence-corrected chi connectivity index (χ4v) is 2.47. The Kier molecular flexibility index (Phi) is 8.33. The lowest BCUT2D eigenvalue weighted by Crippen LogP contribution is -2.31. The molecule has 0 bridgehead atoms. The normalized spacial score (nSPS) is 12.2. The second-order valence-corrected chi connectivity index (χ2v) is 5.47. The Morgan fingerprint density at radius 3 is 2.39 bits per heavy atom. The molecular weight excluding hydrogens is 294 g/mol. The molecule has 0 fully saturated rings. The quantitative estimate of drug-likeness (QED) is 0.668. The third-order valence-electron chi connectivity index (χ3n) is 3.88. The van der Waals surface area contributed by atoms with Gasteiger partial charge in [0.05, 0.1) is 12.1 Å². The maximum Gasteiger partial charge on any atom is 0.336 e. The molecule has 23 heavy (non-hydrogen) atoms. The molecule has 0 saturated heterocycles. The number of hydrogen-bond donors (Lipinski definition) is 1. The third-order valence-corrected chi connectivity index (χ3v) is 3.88. The van der Waals surface area contributed by atoms with Crippen LogP contribution in [-0.4, -0.2) is 41.6 Å². The molecule has 0 heterocycles. The molecule has 0 aliphatic heterocycles. The molecule has 1 aromatic rings. The molecule has 1 atom stereocenters. The number of benzene rings is 1. The SMILES string of the molecule is CCCCC(OC(=O)CN(CC)CC)c1ccccc1C(=O)O. The van der Waals surface area contributed by atoms with Crippen molar-refractivity contribution in [1.82, 2.24) is 4.90 Å². The minimum atomic E-state index is -0.998. The van der Waals surface area contributed by atoms with Gasteiger partial charge in [-0.15, -0.1) is 0 Å². The predicted octanol–water partition coefficient (Wildman–Crippen LogP) is 3.50. The van der Waals surface area contributed by atoms with Gasteiger partial charge in [-0.3, -0.25) is 9.69 Å². The Balaban J connectivity index is 2.92. The highest BCUT2D eigenvalue weighted by Crippen LogP contribution is 2.27. The van der Waals surface area contributed by atoms with Crippen LogP contribution in [-0.2, 0) is 9.53 Å². The van der Waals surface area contributed by atoms with E-state index in [9.17, 15) is 14.7 Å². The Morgan fingerprint density at radius 2 is 1.83 bits per heavy atom. The summed E-state index contributed by atoms with van der Waals surface area (Å²) in [7, 11) is 0. The third kappa shape index (κ3) is 6.02. The highest BCUT2D eigenvalue weighted by atomic mass is 16.5. The summed E-state index contributed by atoms with van der Waals surface area (Å²) in [5.41, 5.74) is 0.769. The Hall–Kier alpha value is -1.88. The number of rotatable bonds is 10. The molecule has 0 aromatic heterocycles. The number of hydrogen-bond acceptors (Lipinski definition) is 4. The van der Waals surface area contributed by atoms with E-state index in [-0.39, 0.29) is 18.1 Å². The first kappa shape index (κ1) is 19.2. The molecule has 5 heteroatoms. The molecular formula is C18H27NO4. The van der Waals surface area contributed by atoms with E-state index in [1.54, 1.807) is 24.3 Å². The lowest BCUT2D eigenvalue weighted by Gasteiger charge is -2.22. The molecule has 1 N–H and O–H groups in total. The van der Waals surface area contributed by atoms with E-state index in [2.05, 4.69) is 6.92 Å². The van der Waals surface area contributed by atoms with Crippen LogP contribution >= 0.6 is 0 Å². The summed E-state index contributed by atoms with van der Waals surface area (Å²) in [5.74, 6) is -1.31. The van der Waals surface area contributed by atoms with Gasteiger partial charge < -0.3 is 9.84 Å². The van der Waals surface area contributed by atoms with Crippen LogP contribution < -0.4 is 0 Å². The van der Waals surface area contributed by atoms with Gasteiger partial charge in [0.25, 0.3) is 0 Å². The van der Waals surface area contributed by atoms with Gasteiger partial charge in [-0.05, 0) is 32.0 Å². The number of nitrogens with zero attached hydrogens (tertiary/aromatic N) is 1. The minimum Gasteiger partial charge on any atom is -0.478 e. The van der Waals surface area contributed by atoms with E-state index in [4.69, 9.17) is 4.74 Å². The highest BCUT2D eigenvalue weighted by molar-refractivity contribution is 5.89. The van der Waals surface area contributed by atoms with Crippen molar-refractivity contribution in [2.75, 3.05) is 19.6 Å². The number of carbonyl (C=O) groups is 2. The number of carbonyl (C=O) groups excluding carboxylic acids is 1. The standard InChI is InChI=1S/C18H27NO4/c1-4-7-12-16(23-17(20)13-19(5-2)6-3)14-10-8-9-11-15(14)18(21)22/h8-11,16H,4-7,12-13H2,1-3H3,(H,21,22). The van der Waals surface area contributed by atoms with E-state index >= 15 is 0 Å². The van der Waals surface area contributed by atoms with E-state index in [1.807, 2.05) is 18.7 Å². The summed E-state index contributed by atoms with van der Waals surface area (Å²) in [6, 6.07) is 6.74. The minimum absolute atomic E-state index is 0.198. The van der Waals surface area contributed by atoms with Crippen LogP contribution in [0.2, 0.25) is 0 Å². The number of unbranched alkanes of at least 4 members (excludes halogenated alkanes) is 1. The lowest BCUT2D eigenvalue weighted by atomic mass is 9.98. The van der Waals surface area contributed by atoms with Crippen molar-refractivity contribution >= 4 is 11.9 Å². The van der Waals surface area contributed by atoms with Gasteiger partial charge >= 0.3 is 11.9 Å². The summed E-state index contributed by atoms with van der Waals surface area (Å²) < 4.78 is 5.62. The van der Waals surface area contributed by atoms with Crippen LogP contribution in [0.15, 0.2) is 24.3 Å². The van der Waals surface area contributed by atoms with Crippen LogP contribution in [0.5, 0.6) is 0 Å². The van der Waals surface area contributed by atoms with Crippen molar-refractivity contribution in [2.24, 2.45) is 0 Å². The molecule has 0 saturated carbocycles. The van der Waals surface area contributed by atoms with Gasteiger partial charge in [-0.2, -0.15) is 0 Å². The topological polar surface area (TPSA) is 66.8 Å². The second-order valence-electron chi connectivity index (χ2n) is 5.47. The summed E-state index contributed by atoms with van der Waals surface area (Å²) in [6.07, 6.45) is 1.95. The molecule has 0 radical (unpaired) electrons. The first-order chi connectivity index (χ1) is 11.0. The number of esters is 1. The van der Waals surface area contributed by atoms with Crippen molar-refractivity contribution in [3.8, 4) is 0 Å². The van der Waals surface area contributed by atoms with Gasteiger partial charge in [0.15, 0.2) is 0 Å². The molecule has 0 spiro atoms. The van der Waals surface area contributed by atoms with Gasteiger partial charge in [0.2, 0.25) is 0 Å². The molecule has 5 nitrogen and oxygen atoms in total. The van der Waals surface area contributed by atoms with Crippen molar-refractivity contribution in [1.29, 1.82) is 0 Å². The Labute approximate surface area is 138 Å². The number of likely N-dealkylation sites (N-methyl/N-ethyl adjacent to an activating group) is 1. The molecule has 1 unspecified atom stereocenters. The fraction of sp³-hybridized carbons (Fsp3) is 0.556. The van der Waals surface area contributed by atoms with Crippen LogP contribution in [0.3, 0.4) is 0 Å². The first-order valence-electron chi connectivity index (χ1n) is 8.27. The van der Waals surface area contributed by atoms with Gasteiger partial charge in [0, 0.05) is 5.56 Å². The lowest BCUT2D eigenvalue weighted by molar-refractivity contribution is -0.151. The van der Waals surface area contributed by atoms with Crippen LogP contribution in [0.4, 0.5) is 0 Å². The summed E-state index contributed by atoms with van der Waals surface area (Å²) in [5, 5.41) is 9.35. The summed E-state index contributed by atoms with van der Waals surface area (Å²) >= 11 is 0. The van der Waals surface area contributed by atoms with Gasteiger partial charge in [-0.1, -0.05) is 45.4 Å². The zero-order valence-electron chi connectivity index (χ0n) is 14.2. The number of aromatic carboxylic acids is 1. The zero-order valence-corrected chi connectivity index (χ0v) is 14.2. The monoisotopic (exact) mass is 321 g/mol. The molecule has 0 aliphatic rings. The number of ether oxygens (including phenoxy) is 1. The molecule has 0 amide bonds. The maximum atomic E-state index is 12.2. The summed E-state index contributed by atoms with van der Waals surface area (Å²) in [4.78, 5) is 25.6. The van der Waals surface area contributed by atoms with E-state index in [0.29, 0.717) is 12.0 Å². The number of carboxylic acid groups (broad SMARTS) is 1. The van der Waals surface area contributed by atoms with Crippen molar-refractivity contribution < 1.29 is 19.4 Å². The second kappa shape index (κ2) is 10.0. The van der Waals surface area contributed by atoms with Gasteiger partial charge in [0.1, 0.15) is 6.10 Å². The average Bonchev–Trinajstić information content (AvgIpc) is 2.56. The molecule has 128 valence electrons. The molecule has 1 rings (SSSR count).